The van der Waals surface area contributed by atoms with Crippen LogP contribution in [0.3, 0.4) is 0 Å². The maximum absolute atomic E-state index is 10.3. The van der Waals surface area contributed by atoms with Gasteiger partial charge in [0.15, 0.2) is 0 Å². The van der Waals surface area contributed by atoms with Crippen LogP contribution in [-0.2, 0) is 4.79 Å². The van der Waals surface area contributed by atoms with Crippen molar-refractivity contribution in [2.45, 2.75) is 6.04 Å². The monoisotopic (exact) mass is 373 g/mol. The summed E-state index contributed by atoms with van der Waals surface area (Å²) in [7, 11) is 0. The number of hydrogen-bond donors (Lipinski definition) is 2. The Morgan fingerprint density at radius 2 is 2.22 bits per heavy atom. The minimum atomic E-state index is -0.839. The number of halogens is 2. The lowest BCUT2D eigenvalue weighted by molar-refractivity contribution is -0.139. The molecule has 0 aliphatic rings. The maximum atomic E-state index is 10.3. The standard InChI is InChI=1S/C3H5I2NO2S/c4-6(5)2(1-9)3(7)8/h2,9H,1H2,(H,7,8)/t2-/m0/s1. The number of carboxylic acids is 1. The van der Waals surface area contributed by atoms with E-state index in [1.54, 1.807) is 1.33 Å². The zero-order valence-electron chi connectivity index (χ0n) is 4.29. The summed E-state index contributed by atoms with van der Waals surface area (Å²) in [5.41, 5.74) is 0. The Bertz CT molecular complexity index is 110. The molecule has 9 heavy (non-hydrogen) atoms. The van der Waals surface area contributed by atoms with E-state index in [1.165, 1.54) is 0 Å². The second-order valence-corrected chi connectivity index (χ2v) is 5.59. The third kappa shape index (κ3) is 3.83. The zero-order chi connectivity index (χ0) is 7.44. The van der Waals surface area contributed by atoms with Gasteiger partial charge in [0.2, 0.25) is 0 Å². The molecule has 0 fully saturated rings. The molecule has 0 heterocycles. The van der Waals surface area contributed by atoms with E-state index in [9.17, 15) is 4.79 Å². The molecule has 0 bridgehead atoms. The molecule has 0 aromatic carbocycles. The first-order valence-corrected chi connectivity index (χ1v) is 4.60. The molecule has 0 radical (unpaired) electrons. The van der Waals surface area contributed by atoms with E-state index in [-0.39, 0.29) is 0 Å². The Hall–Kier alpha value is 1.24. The number of thiol groups is 1. The summed E-state index contributed by atoms with van der Waals surface area (Å²) in [6.45, 7) is 0. The van der Waals surface area contributed by atoms with Crippen molar-refractivity contribution in [2.75, 3.05) is 5.75 Å². The molecule has 0 saturated carbocycles. The maximum Gasteiger partial charge on any atom is 0.323 e. The van der Waals surface area contributed by atoms with Gasteiger partial charge in [0.25, 0.3) is 0 Å². The highest BCUT2D eigenvalue weighted by Crippen LogP contribution is 2.14. The Balaban J connectivity index is 3.83. The third-order valence-corrected chi connectivity index (χ3v) is 2.38. The number of carbonyl (C=O) groups is 1. The van der Waals surface area contributed by atoms with Gasteiger partial charge < -0.3 is 5.11 Å². The van der Waals surface area contributed by atoms with Crippen LogP contribution in [0.2, 0.25) is 0 Å². The van der Waals surface area contributed by atoms with Crippen molar-refractivity contribution in [1.29, 1.82) is 0 Å². The molecule has 0 amide bonds. The topological polar surface area (TPSA) is 40.5 Å². The summed E-state index contributed by atoms with van der Waals surface area (Å²) < 4.78 is 1.56. The lowest BCUT2D eigenvalue weighted by atomic mass is 10.4. The molecule has 1 N–H and O–H groups in total. The largest absolute Gasteiger partial charge is 0.480 e. The van der Waals surface area contributed by atoms with E-state index in [1.807, 2.05) is 45.7 Å². The first-order valence-electron chi connectivity index (χ1n) is 2.04. The summed E-state index contributed by atoms with van der Waals surface area (Å²) in [5.74, 6) is -0.505. The molecule has 0 aliphatic carbocycles. The van der Waals surface area contributed by atoms with Gasteiger partial charge in [-0.2, -0.15) is 14.0 Å². The SMILES string of the molecule is O=C(O)[C@H](CS)N(I)I. The molecule has 3 nitrogen and oxygen atoms in total. The summed E-state index contributed by atoms with van der Waals surface area (Å²) in [6, 6.07) is -0.491. The number of nitrogens with zero attached hydrogens (tertiary/aromatic N) is 1. The minimum Gasteiger partial charge on any atom is -0.480 e. The van der Waals surface area contributed by atoms with Gasteiger partial charge in [0.1, 0.15) is 6.04 Å². The predicted molar refractivity (Wildman–Crippen MR) is 55.2 cm³/mol. The van der Waals surface area contributed by atoms with Gasteiger partial charge in [0, 0.05) is 51.5 Å². The Morgan fingerprint density at radius 3 is 2.22 bits per heavy atom. The van der Waals surface area contributed by atoms with Gasteiger partial charge in [-0.05, 0) is 0 Å². The quantitative estimate of drug-likeness (QED) is 0.446. The lowest BCUT2D eigenvalue weighted by Gasteiger charge is -2.11. The second-order valence-electron chi connectivity index (χ2n) is 1.30. The highest BCUT2D eigenvalue weighted by molar-refractivity contribution is 14.2. The lowest BCUT2D eigenvalue weighted by Crippen LogP contribution is -2.29. The summed E-state index contributed by atoms with van der Waals surface area (Å²) in [6.07, 6.45) is 0. The molecule has 0 unspecified atom stereocenters. The Kier molecular flexibility index (Phi) is 5.65. The molecule has 0 aliphatic heterocycles. The second kappa shape index (κ2) is 4.97. The van der Waals surface area contributed by atoms with Crippen LogP contribution in [0.25, 0.3) is 0 Å². The van der Waals surface area contributed by atoms with Gasteiger partial charge in [-0.1, -0.05) is 0 Å². The molecule has 0 aromatic rings. The zero-order valence-corrected chi connectivity index (χ0v) is 9.50. The first kappa shape index (κ1) is 10.2. The highest BCUT2D eigenvalue weighted by Gasteiger charge is 2.19. The van der Waals surface area contributed by atoms with Gasteiger partial charge >= 0.3 is 5.97 Å². The molecule has 0 rings (SSSR count). The minimum absolute atomic E-state index is 0.335. The van der Waals surface area contributed by atoms with Gasteiger partial charge in [-0.3, -0.25) is 4.79 Å². The van der Waals surface area contributed by atoms with Crippen LogP contribution in [-0.4, -0.2) is 24.2 Å². The van der Waals surface area contributed by atoms with Crippen molar-refractivity contribution >= 4 is 64.3 Å². The van der Waals surface area contributed by atoms with Crippen LogP contribution < -0.4 is 0 Å². The van der Waals surface area contributed by atoms with Crippen LogP contribution >= 0.6 is 58.4 Å². The molecule has 0 saturated heterocycles. The fraction of sp³-hybridized carbons (Fsp3) is 0.667. The average Bonchev–Trinajstić information content (AvgIpc) is 1.64. The molecule has 0 aromatic heterocycles. The summed E-state index contributed by atoms with van der Waals surface area (Å²) in [5, 5.41) is 8.44. The molecule has 0 spiro atoms. The van der Waals surface area contributed by atoms with Crippen LogP contribution in [0.4, 0.5) is 0 Å². The first-order chi connectivity index (χ1) is 4.09. The van der Waals surface area contributed by atoms with Crippen LogP contribution in [0.15, 0.2) is 0 Å². The van der Waals surface area contributed by atoms with Crippen LogP contribution in [0.1, 0.15) is 0 Å². The number of carboxylic acid groups (broad SMARTS) is 1. The van der Waals surface area contributed by atoms with E-state index < -0.39 is 12.0 Å². The van der Waals surface area contributed by atoms with E-state index >= 15 is 0 Å². The van der Waals surface area contributed by atoms with Crippen molar-refractivity contribution in [3.05, 3.63) is 0 Å². The van der Waals surface area contributed by atoms with Gasteiger partial charge in [-0.25, -0.2) is 0 Å². The molecular formula is C3H5I2NO2S. The molecule has 1 atom stereocenters. The predicted octanol–water partition coefficient (Wildman–Crippen LogP) is 1.37. The number of aliphatic carboxylic acids is 1. The van der Waals surface area contributed by atoms with Crippen LogP contribution in [0, 0.1) is 0 Å². The smallest absolute Gasteiger partial charge is 0.323 e. The molecule has 54 valence electrons. The number of rotatable bonds is 3. The van der Waals surface area contributed by atoms with Crippen molar-refractivity contribution in [3.8, 4) is 0 Å². The fourth-order valence-electron chi connectivity index (χ4n) is 0.223. The van der Waals surface area contributed by atoms with E-state index in [2.05, 4.69) is 12.6 Å². The van der Waals surface area contributed by atoms with E-state index in [4.69, 9.17) is 5.11 Å². The van der Waals surface area contributed by atoms with Crippen molar-refractivity contribution in [1.82, 2.24) is 1.33 Å². The van der Waals surface area contributed by atoms with Gasteiger partial charge in [0.05, 0.1) is 0 Å². The summed E-state index contributed by atoms with van der Waals surface area (Å²) in [4.78, 5) is 10.3. The fourth-order valence-corrected chi connectivity index (χ4v) is 2.04. The molecular weight excluding hydrogens is 368 g/mol. The highest BCUT2D eigenvalue weighted by atomic mass is 127. The average molecular weight is 373 g/mol. The van der Waals surface area contributed by atoms with E-state index in [0.29, 0.717) is 5.75 Å². The molecule has 6 heteroatoms. The Labute approximate surface area is 86.6 Å². The van der Waals surface area contributed by atoms with Gasteiger partial charge in [-0.15, -0.1) is 0 Å². The third-order valence-electron chi connectivity index (χ3n) is 0.694. The van der Waals surface area contributed by atoms with Crippen molar-refractivity contribution in [3.63, 3.8) is 0 Å². The summed E-state index contributed by atoms with van der Waals surface area (Å²) >= 11 is 7.68. The van der Waals surface area contributed by atoms with E-state index in [0.717, 1.165) is 0 Å². The van der Waals surface area contributed by atoms with Crippen molar-refractivity contribution in [2.24, 2.45) is 0 Å². The number of hydrogen-bond acceptors (Lipinski definition) is 3. The normalized spacial score (nSPS) is 13.8. The van der Waals surface area contributed by atoms with Crippen LogP contribution in [0.5, 0.6) is 0 Å². The van der Waals surface area contributed by atoms with Crippen molar-refractivity contribution < 1.29 is 9.90 Å². The Morgan fingerprint density at radius 1 is 1.78 bits per heavy atom.